The second kappa shape index (κ2) is 2.00. The topological polar surface area (TPSA) is 57.5 Å². The molecule has 0 aromatic rings. The van der Waals surface area contributed by atoms with Crippen LogP contribution in [0.1, 0.15) is 0 Å². The van der Waals surface area contributed by atoms with Crippen LogP contribution in [0.25, 0.3) is 0 Å². The van der Waals surface area contributed by atoms with Gasteiger partial charge in [-0.3, -0.25) is 0 Å². The van der Waals surface area contributed by atoms with Crippen molar-refractivity contribution < 1.29 is 53.2 Å². The Bertz CT molecular complexity index is 53.0. The molecular weight excluding hydrogens is 219 g/mol. The van der Waals surface area contributed by atoms with Crippen LogP contribution in [0.4, 0.5) is 0 Å². The van der Waals surface area contributed by atoms with Gasteiger partial charge in [-0.25, -0.2) is 0 Å². The van der Waals surface area contributed by atoms with Crippen LogP contribution in [0, 0.1) is 38.9 Å². The molecule has 0 aliphatic heterocycles. The average molecular weight is 221 g/mol. The molecule has 0 fully saturated rings. The fourth-order valence-corrected chi connectivity index (χ4v) is 0. The summed E-state index contributed by atoms with van der Waals surface area (Å²) in [5.41, 5.74) is 0. The van der Waals surface area contributed by atoms with Crippen LogP contribution in [0.2, 0.25) is 0 Å². The molecule has 0 aliphatic carbocycles. The van der Waals surface area contributed by atoms with Crippen molar-refractivity contribution >= 4 is 2.33 Å². The van der Waals surface area contributed by atoms with Crippen molar-refractivity contribution in [1.82, 2.24) is 0 Å². The molecular formula is H2CeO3P. The van der Waals surface area contributed by atoms with E-state index in [1.807, 2.05) is 0 Å². The Morgan fingerprint density at radius 1 is 1.60 bits per heavy atom. The van der Waals surface area contributed by atoms with E-state index in [0.29, 0.717) is 0 Å². The third kappa shape index (κ3) is 29.5. The SMILES string of the molecule is O=[P](O)(O)[Ce]. The van der Waals surface area contributed by atoms with Gasteiger partial charge in [0.25, 0.3) is 0 Å². The third-order valence-corrected chi connectivity index (χ3v) is 0. The normalized spacial score (nSPS) is 11.4. The molecule has 5 heavy (non-hydrogen) atoms. The van der Waals surface area contributed by atoms with Crippen molar-refractivity contribution in [1.29, 1.82) is 0 Å². The van der Waals surface area contributed by atoms with Crippen LogP contribution in [0.3, 0.4) is 0 Å². The molecule has 0 rings (SSSR count). The van der Waals surface area contributed by atoms with Gasteiger partial charge in [-0.2, -0.15) is 0 Å². The quantitative estimate of drug-likeness (QED) is 0.548. The van der Waals surface area contributed by atoms with Crippen LogP contribution in [0.15, 0.2) is 0 Å². The maximum atomic E-state index is 9.39. The van der Waals surface area contributed by atoms with Gasteiger partial charge in [0.15, 0.2) is 0 Å². The second-order valence-corrected chi connectivity index (χ2v) is 7.12. The van der Waals surface area contributed by atoms with E-state index in [2.05, 4.69) is 0 Å². The standard InChI is InChI=1S/Ce.HO3P/c;1-4(2)3/h;(H-,1,2,3)/q-1;/p+1. The first-order chi connectivity index (χ1) is 2.00. The average Bonchev–Trinajstić information content (AvgIpc) is 0.722. The molecule has 0 aromatic heterocycles. The predicted molar refractivity (Wildman–Crippen MR) is 12.0 cm³/mol. The summed E-state index contributed by atoms with van der Waals surface area (Å²) in [6.07, 6.45) is 0. The summed E-state index contributed by atoms with van der Waals surface area (Å²) in [5.74, 6) is 0. The van der Waals surface area contributed by atoms with Gasteiger partial charge in [0.05, 0.1) is 0 Å². The molecule has 0 radical (unpaired) electrons. The van der Waals surface area contributed by atoms with Gasteiger partial charge in [0, 0.05) is 0 Å². The molecule has 2 N–H and O–H groups in total. The van der Waals surface area contributed by atoms with Gasteiger partial charge in [-0.1, -0.05) is 0 Å². The predicted octanol–water partition coefficient (Wildman–Crippen LogP) is -0.372. The zero-order valence-corrected chi connectivity index (χ0v) is 6.28. The van der Waals surface area contributed by atoms with Crippen molar-refractivity contribution in [3.8, 4) is 0 Å². The summed E-state index contributed by atoms with van der Waals surface area (Å²) in [6, 6.07) is 0. The van der Waals surface area contributed by atoms with Gasteiger partial charge in [-0.05, 0) is 0 Å². The first-order valence-corrected chi connectivity index (χ1v) is 6.63. The molecule has 0 spiro atoms. The number of hydrogen-bond donors (Lipinski definition) is 2. The monoisotopic (exact) mass is 221 g/mol. The van der Waals surface area contributed by atoms with E-state index in [-0.39, 0.29) is 38.9 Å². The first-order valence-electron chi connectivity index (χ1n) is 0.806. The van der Waals surface area contributed by atoms with Crippen molar-refractivity contribution in [3.05, 3.63) is 0 Å². The van der Waals surface area contributed by atoms with Crippen LogP contribution in [-0.4, -0.2) is 9.79 Å². The molecule has 3 nitrogen and oxygen atoms in total. The molecule has 0 heterocycles. The molecule has 0 aromatic carbocycles. The van der Waals surface area contributed by atoms with Gasteiger partial charge in [0.2, 0.25) is 0 Å². The summed E-state index contributed by atoms with van der Waals surface area (Å²) in [6.45, 7) is 0. The van der Waals surface area contributed by atoms with Crippen molar-refractivity contribution in [2.45, 2.75) is 0 Å². The van der Waals surface area contributed by atoms with Crippen molar-refractivity contribution in [2.24, 2.45) is 0 Å². The van der Waals surface area contributed by atoms with E-state index in [4.69, 9.17) is 9.79 Å². The van der Waals surface area contributed by atoms with Gasteiger partial charge >= 0.3 is 55.6 Å². The Hall–Kier alpha value is 1.53. The zero-order chi connectivity index (χ0) is 4.50. The molecule has 29 valence electrons. The van der Waals surface area contributed by atoms with E-state index in [9.17, 15) is 4.57 Å². The fourth-order valence-electron chi connectivity index (χ4n) is 0. The van der Waals surface area contributed by atoms with Crippen molar-refractivity contribution in [2.75, 3.05) is 0 Å². The fraction of sp³-hybridized carbons (Fsp3) is 0. The van der Waals surface area contributed by atoms with E-state index < -0.39 is 2.33 Å². The maximum absolute atomic E-state index is 9.39. The Morgan fingerprint density at radius 3 is 1.60 bits per heavy atom. The Kier molecular flexibility index (Phi) is 2.61. The van der Waals surface area contributed by atoms with Crippen LogP contribution in [0.5, 0.6) is 0 Å². The van der Waals surface area contributed by atoms with E-state index >= 15 is 0 Å². The number of hydrogen-bond acceptors (Lipinski definition) is 1. The Balaban J connectivity index is 3.47. The molecule has 5 heteroatoms. The molecule has 0 saturated carbocycles. The first kappa shape index (κ1) is 6.53. The van der Waals surface area contributed by atoms with Crippen LogP contribution >= 0.6 is 2.33 Å². The summed E-state index contributed by atoms with van der Waals surface area (Å²) < 4.78 is 5.89. The van der Waals surface area contributed by atoms with Gasteiger partial charge in [-0.15, -0.1) is 0 Å². The third-order valence-electron chi connectivity index (χ3n) is 0. The minimum atomic E-state index is -3.50. The summed E-state index contributed by atoms with van der Waals surface area (Å²) in [7, 11) is 0. The Labute approximate surface area is 54.9 Å². The van der Waals surface area contributed by atoms with Crippen molar-refractivity contribution in [3.63, 3.8) is 0 Å². The Morgan fingerprint density at radius 2 is 1.60 bits per heavy atom. The van der Waals surface area contributed by atoms with Gasteiger partial charge < -0.3 is 0 Å². The molecule has 0 bridgehead atoms. The molecule has 0 amide bonds. The summed E-state index contributed by atoms with van der Waals surface area (Å²) in [5, 5.41) is 0. The van der Waals surface area contributed by atoms with E-state index in [0.717, 1.165) is 0 Å². The zero-order valence-electron chi connectivity index (χ0n) is 2.25. The summed E-state index contributed by atoms with van der Waals surface area (Å²) in [4.78, 5) is 15.4. The van der Waals surface area contributed by atoms with Crippen LogP contribution in [-0.2, 0) is 4.57 Å². The van der Waals surface area contributed by atoms with E-state index in [1.165, 1.54) is 0 Å². The molecule has 0 aliphatic rings. The molecule has 0 saturated heterocycles. The van der Waals surface area contributed by atoms with Gasteiger partial charge in [0.1, 0.15) is 0 Å². The summed E-state index contributed by atoms with van der Waals surface area (Å²) >= 11 is -0.0255. The number of rotatable bonds is 0. The van der Waals surface area contributed by atoms with E-state index in [1.54, 1.807) is 0 Å². The molecule has 0 atom stereocenters. The minimum absolute atomic E-state index is 0.0255. The molecule has 0 unspecified atom stereocenters. The van der Waals surface area contributed by atoms with Crippen LogP contribution < -0.4 is 0 Å². The second-order valence-electron chi connectivity index (χ2n) is 0.544.